The van der Waals surface area contributed by atoms with E-state index in [9.17, 15) is 9.90 Å². The first-order chi connectivity index (χ1) is 12.9. The molecule has 1 aliphatic rings. The molecule has 5 nitrogen and oxygen atoms in total. The van der Waals surface area contributed by atoms with E-state index in [0.717, 1.165) is 25.7 Å². The number of carbonyl (C=O) groups excluding carboxylic acids is 1. The molecule has 0 bridgehead atoms. The van der Waals surface area contributed by atoms with Crippen molar-refractivity contribution in [2.75, 3.05) is 18.5 Å². The van der Waals surface area contributed by atoms with Crippen LogP contribution in [0.2, 0.25) is 0 Å². The molecule has 3 aromatic rings. The lowest BCUT2D eigenvalue weighted by Crippen LogP contribution is -2.45. The average Bonchev–Trinajstić information content (AvgIpc) is 3.27. The molecule has 0 fully saturated rings. The number of carbonyl (C=O) groups is 1. The Morgan fingerprint density at radius 1 is 1.26 bits per heavy atom. The summed E-state index contributed by atoms with van der Waals surface area (Å²) in [7, 11) is 1.74. The zero-order valence-electron chi connectivity index (χ0n) is 15.5. The number of fused-ring (bicyclic) bond motifs is 2. The topological polar surface area (TPSA) is 56.7 Å². The number of aromatic nitrogens is 1. The van der Waals surface area contributed by atoms with Crippen LogP contribution in [0.1, 0.15) is 35.4 Å². The monoisotopic (exact) mass is 399 g/mol. The molecule has 1 atom stereocenters. The van der Waals surface area contributed by atoms with E-state index in [1.807, 2.05) is 30.3 Å². The van der Waals surface area contributed by atoms with Crippen molar-refractivity contribution < 1.29 is 9.90 Å². The Kier molecular flexibility index (Phi) is 4.53. The number of hydrogen-bond acceptors (Lipinski definition) is 5. The third-order valence-corrected chi connectivity index (χ3v) is 6.87. The predicted molar refractivity (Wildman–Crippen MR) is 112 cm³/mol. The number of urea groups is 1. The molecule has 140 valence electrons. The summed E-state index contributed by atoms with van der Waals surface area (Å²) in [6.45, 7) is 8.87. The second kappa shape index (κ2) is 6.74. The Bertz CT molecular complexity index is 1000. The smallest absolute Gasteiger partial charge is 0.329 e. The lowest BCUT2D eigenvalue weighted by molar-refractivity contribution is 0.224. The van der Waals surface area contributed by atoms with Crippen LogP contribution in [-0.4, -0.2) is 34.6 Å². The second-order valence-electron chi connectivity index (χ2n) is 7.08. The van der Waals surface area contributed by atoms with Crippen LogP contribution in [0.3, 0.4) is 0 Å². The molecule has 1 unspecified atom stereocenters. The van der Waals surface area contributed by atoms with Crippen LogP contribution < -0.4 is 4.90 Å². The first-order valence-electron chi connectivity index (χ1n) is 8.78. The zero-order valence-corrected chi connectivity index (χ0v) is 17.1. The maximum Gasteiger partial charge on any atom is 0.329 e. The van der Waals surface area contributed by atoms with Crippen LogP contribution in [0.15, 0.2) is 36.9 Å². The normalized spacial score (nSPS) is 15.7. The van der Waals surface area contributed by atoms with E-state index in [1.54, 1.807) is 16.8 Å². The fourth-order valence-corrected chi connectivity index (χ4v) is 5.38. The van der Waals surface area contributed by atoms with Crippen LogP contribution in [0.5, 0.6) is 0 Å². The summed E-state index contributed by atoms with van der Waals surface area (Å²) >= 11 is 2.93. The molecule has 0 saturated carbocycles. The van der Waals surface area contributed by atoms with Gasteiger partial charge < -0.3 is 5.11 Å². The third kappa shape index (κ3) is 3.05. The maximum atomic E-state index is 12.7. The van der Waals surface area contributed by atoms with Gasteiger partial charge >= 0.3 is 6.03 Å². The molecule has 0 aliphatic carbocycles. The number of thiazole rings is 1. The highest BCUT2D eigenvalue weighted by Crippen LogP contribution is 2.44. The van der Waals surface area contributed by atoms with Crippen LogP contribution in [0, 0.1) is 5.92 Å². The standard InChI is InChI=1S/C20H21N3O2S2/c1-11(2)10-23-19-13(12(3)22(4)20(23)25)9-16(27-19)17(24)18-21-14-7-5-6-8-15(14)26-18/h5-9,11,17,24H,3,10H2,1-2,4H3. The van der Waals surface area contributed by atoms with Gasteiger partial charge in [0.15, 0.2) is 0 Å². The van der Waals surface area contributed by atoms with Crippen molar-refractivity contribution in [2.45, 2.75) is 20.0 Å². The molecule has 1 N–H and O–H groups in total. The number of para-hydroxylation sites is 1. The van der Waals surface area contributed by atoms with Crippen molar-refractivity contribution in [3.05, 3.63) is 52.4 Å². The molecule has 7 heteroatoms. The summed E-state index contributed by atoms with van der Waals surface area (Å²) in [6, 6.07) is 9.72. The van der Waals surface area contributed by atoms with Gasteiger partial charge in [-0.05, 0) is 24.1 Å². The summed E-state index contributed by atoms with van der Waals surface area (Å²) in [4.78, 5) is 21.4. The number of aliphatic hydroxyl groups excluding tert-OH is 1. The average molecular weight is 400 g/mol. The Hall–Kier alpha value is -2.22. The first kappa shape index (κ1) is 18.2. The Morgan fingerprint density at radius 3 is 2.70 bits per heavy atom. The number of aliphatic hydroxyl groups is 1. The minimum absolute atomic E-state index is 0.0796. The van der Waals surface area contributed by atoms with E-state index < -0.39 is 6.10 Å². The van der Waals surface area contributed by atoms with Gasteiger partial charge in [-0.3, -0.25) is 9.80 Å². The lowest BCUT2D eigenvalue weighted by atomic mass is 10.1. The van der Waals surface area contributed by atoms with Crippen LogP contribution >= 0.6 is 22.7 Å². The molecule has 2 aromatic heterocycles. The Morgan fingerprint density at radius 2 is 2.00 bits per heavy atom. The van der Waals surface area contributed by atoms with E-state index in [0.29, 0.717) is 23.2 Å². The van der Waals surface area contributed by atoms with Gasteiger partial charge in [0.1, 0.15) is 16.1 Å². The minimum Gasteiger partial charge on any atom is -0.380 e. The summed E-state index contributed by atoms with van der Waals surface area (Å²) in [5.41, 5.74) is 2.45. The van der Waals surface area contributed by atoms with Gasteiger partial charge in [-0.1, -0.05) is 32.6 Å². The largest absolute Gasteiger partial charge is 0.380 e. The molecule has 0 radical (unpaired) electrons. The van der Waals surface area contributed by atoms with Gasteiger partial charge in [-0.15, -0.1) is 22.7 Å². The molecule has 4 rings (SSSR count). The van der Waals surface area contributed by atoms with E-state index in [-0.39, 0.29) is 6.03 Å². The molecular weight excluding hydrogens is 378 g/mol. The van der Waals surface area contributed by atoms with Crippen LogP contribution in [0.25, 0.3) is 15.9 Å². The number of rotatable bonds is 4. The lowest BCUT2D eigenvalue weighted by Gasteiger charge is -2.35. The molecule has 1 aliphatic heterocycles. The van der Waals surface area contributed by atoms with E-state index in [1.165, 1.54) is 22.7 Å². The van der Waals surface area contributed by atoms with Crippen molar-refractivity contribution in [3.8, 4) is 0 Å². The highest BCUT2D eigenvalue weighted by Gasteiger charge is 2.34. The van der Waals surface area contributed by atoms with Gasteiger partial charge in [0.2, 0.25) is 0 Å². The van der Waals surface area contributed by atoms with Gasteiger partial charge in [-0.25, -0.2) is 9.78 Å². The van der Waals surface area contributed by atoms with E-state index in [4.69, 9.17) is 0 Å². The fourth-order valence-electron chi connectivity index (χ4n) is 3.16. The quantitative estimate of drug-likeness (QED) is 0.676. The Balaban J connectivity index is 1.75. The zero-order chi connectivity index (χ0) is 19.3. The molecule has 27 heavy (non-hydrogen) atoms. The van der Waals surface area contributed by atoms with Gasteiger partial charge in [0.25, 0.3) is 0 Å². The summed E-state index contributed by atoms with van der Waals surface area (Å²) < 4.78 is 1.05. The number of nitrogens with zero attached hydrogens (tertiary/aromatic N) is 3. The number of thiophene rings is 1. The number of benzene rings is 1. The molecule has 1 aromatic carbocycles. The fraction of sp³-hybridized carbons (Fsp3) is 0.300. The third-order valence-electron chi connectivity index (χ3n) is 4.57. The first-order valence-corrected chi connectivity index (χ1v) is 10.4. The van der Waals surface area contributed by atoms with E-state index in [2.05, 4.69) is 25.4 Å². The van der Waals surface area contributed by atoms with Crippen molar-refractivity contribution in [1.29, 1.82) is 0 Å². The van der Waals surface area contributed by atoms with Gasteiger partial charge in [0, 0.05) is 29.7 Å². The van der Waals surface area contributed by atoms with Crippen molar-refractivity contribution in [2.24, 2.45) is 5.92 Å². The van der Waals surface area contributed by atoms with Gasteiger partial charge in [-0.2, -0.15) is 0 Å². The maximum absolute atomic E-state index is 12.7. The second-order valence-corrected chi connectivity index (χ2v) is 9.21. The SMILES string of the molecule is C=C1c2cc(C(O)c3nc4ccccc4s3)sc2N(CC(C)C)C(=O)N1C. The number of hydrogen-bond donors (Lipinski definition) is 1. The number of anilines is 1. The van der Waals surface area contributed by atoms with Crippen molar-refractivity contribution in [1.82, 2.24) is 9.88 Å². The van der Waals surface area contributed by atoms with Crippen molar-refractivity contribution >= 4 is 49.6 Å². The molecule has 3 heterocycles. The molecular formula is C20H21N3O2S2. The highest BCUT2D eigenvalue weighted by atomic mass is 32.1. The predicted octanol–water partition coefficient (Wildman–Crippen LogP) is 4.94. The summed E-state index contributed by atoms with van der Waals surface area (Å²) in [5, 5.41) is 12.5. The van der Waals surface area contributed by atoms with Gasteiger partial charge in [0.05, 0.1) is 10.2 Å². The summed E-state index contributed by atoms with van der Waals surface area (Å²) in [5.74, 6) is 0.335. The minimum atomic E-state index is -0.813. The Labute approximate surface area is 166 Å². The molecule has 0 saturated heterocycles. The molecule has 0 spiro atoms. The molecule has 2 amide bonds. The van der Waals surface area contributed by atoms with Crippen molar-refractivity contribution in [3.63, 3.8) is 0 Å². The van der Waals surface area contributed by atoms with Crippen LogP contribution in [0.4, 0.5) is 9.80 Å². The van der Waals surface area contributed by atoms with Crippen LogP contribution in [-0.2, 0) is 0 Å². The van der Waals surface area contributed by atoms with E-state index >= 15 is 0 Å². The summed E-state index contributed by atoms with van der Waals surface area (Å²) in [6.07, 6.45) is -0.813. The number of amides is 2. The highest BCUT2D eigenvalue weighted by molar-refractivity contribution is 7.19.